The Morgan fingerprint density at radius 1 is 1.08 bits per heavy atom. The summed E-state index contributed by atoms with van der Waals surface area (Å²) in [5.41, 5.74) is 1.66. The minimum atomic E-state index is -0.367. The topological polar surface area (TPSA) is 60.5 Å². The van der Waals surface area contributed by atoms with Gasteiger partial charge in [0.15, 0.2) is 0 Å². The van der Waals surface area contributed by atoms with Gasteiger partial charge in [0.2, 0.25) is 0 Å². The van der Waals surface area contributed by atoms with E-state index in [1.54, 1.807) is 18.2 Å². The van der Waals surface area contributed by atoms with E-state index in [0.717, 1.165) is 37.6 Å². The summed E-state index contributed by atoms with van der Waals surface area (Å²) in [7, 11) is 2.12. The smallest absolute Gasteiger partial charge is 0.324 e. The van der Waals surface area contributed by atoms with Gasteiger partial charge in [-0.3, -0.25) is 5.32 Å². The quantitative estimate of drug-likeness (QED) is 0.881. The number of rotatable bonds is 3. The second-order valence-electron chi connectivity index (χ2n) is 6.19. The van der Waals surface area contributed by atoms with Crippen molar-refractivity contribution >= 4 is 35.0 Å². The maximum Gasteiger partial charge on any atom is 0.324 e. The molecule has 25 heavy (non-hydrogen) atoms. The Morgan fingerprint density at radius 2 is 1.80 bits per heavy atom. The number of urea groups is 1. The SMILES string of the molecule is Cc1ccc(NC(=O)Nc2ccccc2Cl)nc1N1CCN(C)CC1. The van der Waals surface area contributed by atoms with Crippen molar-refractivity contribution in [2.45, 2.75) is 6.92 Å². The highest BCUT2D eigenvalue weighted by Crippen LogP contribution is 2.23. The zero-order chi connectivity index (χ0) is 17.8. The highest BCUT2D eigenvalue weighted by atomic mass is 35.5. The van der Waals surface area contributed by atoms with Crippen LogP contribution in [0.5, 0.6) is 0 Å². The van der Waals surface area contributed by atoms with Crippen LogP contribution in [0.15, 0.2) is 36.4 Å². The maximum atomic E-state index is 12.2. The summed E-state index contributed by atoms with van der Waals surface area (Å²) in [6.45, 7) is 5.91. The molecule has 2 amide bonds. The molecule has 0 bridgehead atoms. The lowest BCUT2D eigenvalue weighted by Crippen LogP contribution is -2.45. The molecule has 0 atom stereocenters. The summed E-state index contributed by atoms with van der Waals surface area (Å²) in [5, 5.41) is 6.01. The van der Waals surface area contributed by atoms with Gasteiger partial charge in [-0.2, -0.15) is 0 Å². The minimum absolute atomic E-state index is 0.367. The molecule has 0 aliphatic carbocycles. The van der Waals surface area contributed by atoms with Crippen LogP contribution >= 0.6 is 11.6 Å². The number of benzene rings is 1. The third kappa shape index (κ3) is 4.41. The van der Waals surface area contributed by atoms with Crippen molar-refractivity contribution in [3.8, 4) is 0 Å². The number of para-hydroxylation sites is 1. The maximum absolute atomic E-state index is 12.2. The molecule has 0 unspecified atom stereocenters. The van der Waals surface area contributed by atoms with Gasteiger partial charge in [0, 0.05) is 26.2 Å². The average Bonchev–Trinajstić information content (AvgIpc) is 2.59. The molecule has 7 heteroatoms. The van der Waals surface area contributed by atoms with Gasteiger partial charge < -0.3 is 15.1 Å². The Hall–Kier alpha value is -2.31. The number of aromatic nitrogens is 1. The van der Waals surface area contributed by atoms with E-state index in [9.17, 15) is 4.79 Å². The molecule has 0 saturated carbocycles. The fourth-order valence-electron chi connectivity index (χ4n) is 2.76. The molecule has 0 radical (unpaired) electrons. The molecule has 0 spiro atoms. The van der Waals surface area contributed by atoms with E-state index >= 15 is 0 Å². The Labute approximate surface area is 152 Å². The molecule has 2 N–H and O–H groups in total. The van der Waals surface area contributed by atoms with Crippen LogP contribution in [0.3, 0.4) is 0 Å². The van der Waals surface area contributed by atoms with E-state index in [1.807, 2.05) is 25.1 Å². The Morgan fingerprint density at radius 3 is 2.52 bits per heavy atom. The Balaban J connectivity index is 1.69. The largest absolute Gasteiger partial charge is 0.354 e. The van der Waals surface area contributed by atoms with Crippen LogP contribution in [0.4, 0.5) is 22.1 Å². The van der Waals surface area contributed by atoms with E-state index in [-0.39, 0.29) is 6.03 Å². The van der Waals surface area contributed by atoms with E-state index in [4.69, 9.17) is 11.6 Å². The number of likely N-dealkylation sites (N-methyl/N-ethyl adjacent to an activating group) is 1. The van der Waals surface area contributed by atoms with Gasteiger partial charge >= 0.3 is 6.03 Å². The molecule has 1 aliphatic rings. The molecule has 1 aromatic heterocycles. The van der Waals surface area contributed by atoms with Crippen LogP contribution < -0.4 is 15.5 Å². The molecular formula is C18H22ClN5O. The highest BCUT2D eigenvalue weighted by Gasteiger charge is 2.18. The van der Waals surface area contributed by atoms with Gasteiger partial charge in [0.05, 0.1) is 10.7 Å². The highest BCUT2D eigenvalue weighted by molar-refractivity contribution is 6.33. The summed E-state index contributed by atoms with van der Waals surface area (Å²) in [5.74, 6) is 1.44. The van der Waals surface area contributed by atoms with Gasteiger partial charge in [-0.1, -0.05) is 29.8 Å². The number of pyridine rings is 1. The van der Waals surface area contributed by atoms with Gasteiger partial charge in [0.25, 0.3) is 0 Å². The molecule has 2 heterocycles. The number of amides is 2. The van der Waals surface area contributed by atoms with Crippen LogP contribution in [0.1, 0.15) is 5.56 Å². The number of nitrogens with zero attached hydrogens (tertiary/aromatic N) is 3. The van der Waals surface area contributed by atoms with Crippen LogP contribution in [-0.2, 0) is 0 Å². The van der Waals surface area contributed by atoms with Gasteiger partial charge in [-0.15, -0.1) is 0 Å². The van der Waals surface area contributed by atoms with E-state index in [1.165, 1.54) is 0 Å². The number of halogens is 1. The van der Waals surface area contributed by atoms with Crippen molar-refractivity contribution in [3.63, 3.8) is 0 Å². The summed E-state index contributed by atoms with van der Waals surface area (Å²) in [6.07, 6.45) is 0. The number of carbonyl (C=O) groups is 1. The van der Waals surface area contributed by atoms with Crippen molar-refractivity contribution in [2.75, 3.05) is 48.8 Å². The third-order valence-electron chi connectivity index (χ3n) is 4.24. The fraction of sp³-hybridized carbons (Fsp3) is 0.333. The van der Waals surface area contributed by atoms with Gasteiger partial charge in [-0.05, 0) is 37.7 Å². The summed E-state index contributed by atoms with van der Waals surface area (Å²) < 4.78 is 0. The first-order valence-corrected chi connectivity index (χ1v) is 8.64. The second-order valence-corrected chi connectivity index (χ2v) is 6.59. The number of hydrogen-bond acceptors (Lipinski definition) is 4. The zero-order valence-corrected chi connectivity index (χ0v) is 15.2. The Bertz CT molecular complexity index is 759. The molecule has 132 valence electrons. The van der Waals surface area contributed by atoms with Crippen molar-refractivity contribution in [3.05, 3.63) is 47.0 Å². The standard InChI is InChI=1S/C18H22ClN5O/c1-13-7-8-16(21-17(13)24-11-9-23(2)10-12-24)22-18(25)20-15-6-4-3-5-14(15)19/h3-8H,9-12H2,1-2H3,(H2,20,21,22,25). The lowest BCUT2D eigenvalue weighted by molar-refractivity contribution is 0.262. The van der Waals surface area contributed by atoms with E-state index in [2.05, 4.69) is 32.5 Å². The van der Waals surface area contributed by atoms with Crippen molar-refractivity contribution < 1.29 is 4.79 Å². The molecule has 2 aromatic rings. The monoisotopic (exact) mass is 359 g/mol. The van der Waals surface area contributed by atoms with Crippen LogP contribution in [0.2, 0.25) is 5.02 Å². The Kier molecular flexibility index (Phi) is 5.40. The number of anilines is 3. The number of carbonyl (C=O) groups excluding carboxylic acids is 1. The zero-order valence-electron chi connectivity index (χ0n) is 14.4. The normalized spacial score (nSPS) is 15.1. The van der Waals surface area contributed by atoms with Gasteiger partial charge in [0.1, 0.15) is 11.6 Å². The number of hydrogen-bond donors (Lipinski definition) is 2. The van der Waals surface area contributed by atoms with Crippen molar-refractivity contribution in [1.29, 1.82) is 0 Å². The van der Waals surface area contributed by atoms with Crippen LogP contribution in [0.25, 0.3) is 0 Å². The lowest BCUT2D eigenvalue weighted by Gasteiger charge is -2.34. The average molecular weight is 360 g/mol. The molecule has 1 aliphatic heterocycles. The molecule has 1 fully saturated rings. The summed E-state index contributed by atoms with van der Waals surface area (Å²) in [6, 6.07) is 10.5. The third-order valence-corrected chi connectivity index (χ3v) is 4.57. The molecule has 1 saturated heterocycles. The first kappa shape index (κ1) is 17.5. The summed E-state index contributed by atoms with van der Waals surface area (Å²) in [4.78, 5) is 21.4. The number of aryl methyl sites for hydroxylation is 1. The van der Waals surface area contributed by atoms with E-state index in [0.29, 0.717) is 16.5 Å². The van der Waals surface area contributed by atoms with Gasteiger partial charge in [-0.25, -0.2) is 9.78 Å². The van der Waals surface area contributed by atoms with Crippen molar-refractivity contribution in [1.82, 2.24) is 9.88 Å². The molecule has 3 rings (SSSR count). The molecule has 1 aromatic carbocycles. The van der Waals surface area contributed by atoms with Crippen molar-refractivity contribution in [2.24, 2.45) is 0 Å². The fourth-order valence-corrected chi connectivity index (χ4v) is 2.94. The predicted molar refractivity (Wildman–Crippen MR) is 103 cm³/mol. The first-order chi connectivity index (χ1) is 12.0. The molecular weight excluding hydrogens is 338 g/mol. The molecule has 6 nitrogen and oxygen atoms in total. The number of nitrogens with one attached hydrogen (secondary N) is 2. The lowest BCUT2D eigenvalue weighted by atomic mass is 10.2. The second kappa shape index (κ2) is 7.72. The van der Waals surface area contributed by atoms with E-state index < -0.39 is 0 Å². The predicted octanol–water partition coefficient (Wildman–Crippen LogP) is 3.44. The van der Waals surface area contributed by atoms with Crippen LogP contribution in [0, 0.1) is 6.92 Å². The minimum Gasteiger partial charge on any atom is -0.354 e. The van der Waals surface area contributed by atoms with Crippen LogP contribution in [-0.4, -0.2) is 49.1 Å². The number of piperazine rings is 1. The first-order valence-electron chi connectivity index (χ1n) is 8.26. The summed E-state index contributed by atoms with van der Waals surface area (Å²) >= 11 is 6.06.